The van der Waals surface area contributed by atoms with Crippen molar-refractivity contribution >= 4 is 39.4 Å². The number of carbonyl (C=O) groups is 1. The molecule has 0 aliphatic carbocycles. The maximum Gasteiger partial charge on any atom is 0.408 e. The second-order valence-corrected chi connectivity index (χ2v) is 11.0. The minimum atomic E-state index is -1.01. The van der Waals surface area contributed by atoms with Crippen LogP contribution in [0.3, 0.4) is 0 Å². The van der Waals surface area contributed by atoms with E-state index in [0.717, 1.165) is 22.0 Å². The lowest BCUT2D eigenvalue weighted by atomic mass is 9.86. The van der Waals surface area contributed by atoms with E-state index in [1.165, 1.54) is 4.90 Å². The van der Waals surface area contributed by atoms with Crippen LogP contribution in [-0.2, 0) is 7.05 Å². The van der Waals surface area contributed by atoms with Gasteiger partial charge in [-0.05, 0) is 70.5 Å². The van der Waals surface area contributed by atoms with Gasteiger partial charge in [-0.25, -0.2) is 4.79 Å². The molecule has 1 atom stereocenters. The lowest BCUT2D eigenvalue weighted by Gasteiger charge is -2.47. The van der Waals surface area contributed by atoms with Crippen molar-refractivity contribution in [3.63, 3.8) is 0 Å². The highest BCUT2D eigenvalue weighted by Gasteiger charge is 2.43. The maximum absolute atomic E-state index is 13.3. The number of benzene rings is 1. The van der Waals surface area contributed by atoms with Crippen molar-refractivity contribution in [2.45, 2.75) is 66.0 Å². The third kappa shape index (κ3) is 4.58. The number of aromatic nitrogens is 2. The molecule has 0 unspecified atom stereocenters. The Kier molecular flexibility index (Phi) is 6.91. The number of hydrogen-bond donors (Lipinski definition) is 1. The minimum absolute atomic E-state index is 0.0941. The zero-order valence-electron chi connectivity index (χ0n) is 21.2. The molecule has 184 valence electrons. The van der Waals surface area contributed by atoms with Crippen LogP contribution in [0.25, 0.3) is 21.7 Å². The average Bonchev–Trinajstić information content (AvgIpc) is 2.68. The van der Waals surface area contributed by atoms with Crippen molar-refractivity contribution in [1.29, 1.82) is 0 Å². The van der Waals surface area contributed by atoms with Crippen LogP contribution in [0.2, 0.25) is 5.02 Å². The highest BCUT2D eigenvalue weighted by atomic mass is 35.5. The summed E-state index contributed by atoms with van der Waals surface area (Å²) in [6.45, 7) is 13.6. The van der Waals surface area contributed by atoms with Gasteiger partial charge in [0.25, 0.3) is 5.56 Å². The smallest absolute Gasteiger partial charge is 0.408 e. The molecule has 0 aliphatic rings. The standard InChI is InChI=1S/C26H34ClN3O4/c1-15(2)13-26(7,30(24(32)33)25(4,5)6)14-34-19-10-9-17-18-11-12-28-16(3)22(18)29(8)23(31)20(17)21(19)27/h9-12,15H,13-14H2,1-8H3,(H,32,33)/t26-/m0/s1. The van der Waals surface area contributed by atoms with Crippen LogP contribution >= 0.6 is 11.6 Å². The van der Waals surface area contributed by atoms with Crippen molar-refractivity contribution < 1.29 is 14.6 Å². The second-order valence-electron chi connectivity index (χ2n) is 10.6. The third-order valence-electron chi connectivity index (χ3n) is 6.15. The number of rotatable bonds is 6. The zero-order chi connectivity index (χ0) is 25.6. The first-order chi connectivity index (χ1) is 15.7. The van der Waals surface area contributed by atoms with Gasteiger partial charge < -0.3 is 14.4 Å². The monoisotopic (exact) mass is 487 g/mol. The Balaban J connectivity index is 2.12. The van der Waals surface area contributed by atoms with Crippen LogP contribution in [0.4, 0.5) is 4.79 Å². The number of carboxylic acid groups (broad SMARTS) is 1. The van der Waals surface area contributed by atoms with Gasteiger partial charge in [-0.15, -0.1) is 0 Å². The summed E-state index contributed by atoms with van der Waals surface area (Å²) in [6.07, 6.45) is 1.30. The molecular formula is C26H34ClN3O4. The molecular weight excluding hydrogens is 454 g/mol. The molecule has 2 aromatic heterocycles. The van der Waals surface area contributed by atoms with Gasteiger partial charge >= 0.3 is 6.09 Å². The Labute approximate surface area is 205 Å². The first-order valence-electron chi connectivity index (χ1n) is 11.4. The van der Waals surface area contributed by atoms with E-state index in [9.17, 15) is 14.7 Å². The van der Waals surface area contributed by atoms with E-state index in [-0.39, 0.29) is 23.1 Å². The quantitative estimate of drug-likeness (QED) is 0.430. The SMILES string of the molecule is Cc1nccc2c3ccc(OC[C@](C)(CC(C)C)N(C(=O)O)C(C)(C)C)c(Cl)c3c(=O)n(C)c12. The normalized spacial score (nSPS) is 13.9. The molecule has 0 radical (unpaired) electrons. The van der Waals surface area contributed by atoms with E-state index in [1.807, 2.05) is 46.8 Å². The first kappa shape index (κ1) is 25.8. The van der Waals surface area contributed by atoms with Gasteiger partial charge in [0.1, 0.15) is 12.4 Å². The van der Waals surface area contributed by atoms with Gasteiger partial charge in [0.15, 0.2) is 0 Å². The fraction of sp³-hybridized carbons (Fsp3) is 0.500. The molecule has 8 heteroatoms. The largest absolute Gasteiger partial charge is 0.490 e. The summed E-state index contributed by atoms with van der Waals surface area (Å²) in [7, 11) is 1.70. The van der Waals surface area contributed by atoms with Crippen LogP contribution in [0.15, 0.2) is 29.2 Å². The van der Waals surface area contributed by atoms with Crippen LogP contribution in [-0.4, -0.2) is 43.3 Å². The fourth-order valence-corrected chi connectivity index (χ4v) is 5.53. The van der Waals surface area contributed by atoms with Crippen LogP contribution in [0, 0.1) is 12.8 Å². The van der Waals surface area contributed by atoms with Gasteiger partial charge in [0.05, 0.1) is 27.2 Å². The van der Waals surface area contributed by atoms with Gasteiger partial charge in [0, 0.05) is 24.2 Å². The Morgan fingerprint density at radius 1 is 1.21 bits per heavy atom. The Morgan fingerprint density at radius 2 is 1.85 bits per heavy atom. The molecule has 1 amide bonds. The molecule has 0 saturated heterocycles. The summed E-state index contributed by atoms with van der Waals surface area (Å²) in [5, 5.41) is 12.2. The number of hydrogen-bond acceptors (Lipinski definition) is 4. The number of pyridine rings is 2. The summed E-state index contributed by atoms with van der Waals surface area (Å²) in [5.74, 6) is 0.589. The van der Waals surface area contributed by atoms with Gasteiger partial charge in [0.2, 0.25) is 0 Å². The van der Waals surface area contributed by atoms with Crippen molar-refractivity contribution in [2.75, 3.05) is 6.61 Å². The molecule has 7 nitrogen and oxygen atoms in total. The average molecular weight is 488 g/mol. The van der Waals surface area contributed by atoms with E-state index in [1.54, 1.807) is 23.9 Å². The molecule has 1 aromatic carbocycles. The maximum atomic E-state index is 13.3. The lowest BCUT2D eigenvalue weighted by molar-refractivity contribution is -0.0108. The van der Waals surface area contributed by atoms with Gasteiger partial charge in [-0.3, -0.25) is 14.7 Å². The van der Waals surface area contributed by atoms with Gasteiger partial charge in [-0.2, -0.15) is 0 Å². The predicted molar refractivity (Wildman–Crippen MR) is 137 cm³/mol. The second kappa shape index (κ2) is 9.10. The van der Waals surface area contributed by atoms with Gasteiger partial charge in [-0.1, -0.05) is 25.4 Å². The summed E-state index contributed by atoms with van der Waals surface area (Å²) in [5.41, 5.74) is -0.159. The molecule has 34 heavy (non-hydrogen) atoms. The van der Waals surface area contributed by atoms with Crippen molar-refractivity contribution in [2.24, 2.45) is 13.0 Å². The molecule has 0 bridgehead atoms. The number of aryl methyl sites for hydroxylation is 2. The summed E-state index contributed by atoms with van der Waals surface area (Å²) in [4.78, 5) is 31.3. The molecule has 1 N–H and O–H groups in total. The minimum Gasteiger partial charge on any atom is -0.490 e. The highest BCUT2D eigenvalue weighted by molar-refractivity contribution is 6.37. The summed E-state index contributed by atoms with van der Waals surface area (Å²) >= 11 is 6.74. The molecule has 0 aliphatic heterocycles. The molecule has 3 aromatic rings. The number of amides is 1. The number of ether oxygens (including phenoxy) is 1. The molecule has 0 spiro atoms. The molecule has 2 heterocycles. The number of nitrogens with zero attached hydrogens (tertiary/aromatic N) is 3. The predicted octanol–water partition coefficient (Wildman–Crippen LogP) is 6.01. The summed E-state index contributed by atoms with van der Waals surface area (Å²) < 4.78 is 7.73. The Bertz CT molecular complexity index is 1310. The van der Waals surface area contributed by atoms with E-state index in [0.29, 0.717) is 17.6 Å². The van der Waals surface area contributed by atoms with E-state index >= 15 is 0 Å². The van der Waals surface area contributed by atoms with Crippen molar-refractivity contribution in [1.82, 2.24) is 14.5 Å². The van der Waals surface area contributed by atoms with Crippen LogP contribution in [0.1, 0.15) is 53.7 Å². The highest BCUT2D eigenvalue weighted by Crippen LogP contribution is 2.37. The first-order valence-corrected chi connectivity index (χ1v) is 11.8. The number of halogens is 1. The summed E-state index contributed by atoms with van der Waals surface area (Å²) in [6, 6.07) is 5.45. The van der Waals surface area contributed by atoms with Crippen LogP contribution in [0.5, 0.6) is 5.75 Å². The molecule has 0 fully saturated rings. The fourth-order valence-electron chi connectivity index (χ4n) is 5.23. The topological polar surface area (TPSA) is 84.7 Å². The van der Waals surface area contributed by atoms with Crippen molar-refractivity contribution in [3.8, 4) is 5.75 Å². The number of fused-ring (bicyclic) bond motifs is 3. The third-order valence-corrected chi connectivity index (χ3v) is 6.52. The van der Waals surface area contributed by atoms with E-state index < -0.39 is 17.2 Å². The molecule has 0 saturated carbocycles. The zero-order valence-corrected chi connectivity index (χ0v) is 21.9. The Morgan fingerprint density at radius 3 is 2.41 bits per heavy atom. The van der Waals surface area contributed by atoms with E-state index in [4.69, 9.17) is 16.3 Å². The van der Waals surface area contributed by atoms with E-state index in [2.05, 4.69) is 18.8 Å². The molecule has 3 rings (SSSR count). The van der Waals surface area contributed by atoms with Crippen LogP contribution < -0.4 is 10.3 Å². The Hall–Kier alpha value is -2.80. The van der Waals surface area contributed by atoms with Crippen molar-refractivity contribution in [3.05, 3.63) is 45.5 Å². The lowest BCUT2D eigenvalue weighted by Crippen LogP contribution is -2.61.